The lowest BCUT2D eigenvalue weighted by Crippen LogP contribution is -2.47. The van der Waals surface area contributed by atoms with E-state index < -0.39 is 12.0 Å². The van der Waals surface area contributed by atoms with Crippen molar-refractivity contribution in [2.45, 2.75) is 57.8 Å². The molecule has 1 amide bonds. The summed E-state index contributed by atoms with van der Waals surface area (Å²) in [6.07, 6.45) is 6.22. The lowest BCUT2D eigenvalue weighted by molar-refractivity contribution is -0.158. The topological polar surface area (TPSA) is 55.8 Å². The van der Waals surface area contributed by atoms with Crippen molar-refractivity contribution in [1.29, 1.82) is 0 Å². The van der Waals surface area contributed by atoms with Crippen LogP contribution in [-0.4, -0.2) is 36.0 Å². The maximum atomic E-state index is 13.1. The van der Waals surface area contributed by atoms with Crippen LogP contribution in [0.25, 0.3) is 0 Å². The highest BCUT2D eigenvalue weighted by atomic mass is 16.5. The van der Waals surface area contributed by atoms with E-state index in [1.807, 2.05) is 60.7 Å². The molecule has 2 aromatic carbocycles. The predicted molar refractivity (Wildman–Crippen MR) is 118 cm³/mol. The van der Waals surface area contributed by atoms with E-state index in [1.165, 1.54) is 6.42 Å². The number of nitrogens with zero attached hydrogens (tertiary/aromatic N) is 1. The quantitative estimate of drug-likeness (QED) is 0.589. The van der Waals surface area contributed by atoms with E-state index in [0.29, 0.717) is 19.6 Å². The van der Waals surface area contributed by atoms with Crippen molar-refractivity contribution in [2.75, 3.05) is 13.2 Å². The monoisotopic (exact) mass is 421 g/mol. The molecular formula is C26H31NO4. The molecule has 4 rings (SSSR count). The molecule has 1 atom stereocenters. The summed E-state index contributed by atoms with van der Waals surface area (Å²) in [5, 5.41) is 0. The molecule has 1 unspecified atom stereocenters. The molecule has 1 heterocycles. The normalized spacial score (nSPS) is 18.8. The highest BCUT2D eigenvalue weighted by molar-refractivity contribution is 5.86. The van der Waals surface area contributed by atoms with Crippen LogP contribution in [0.3, 0.4) is 0 Å². The summed E-state index contributed by atoms with van der Waals surface area (Å²) in [5.41, 5.74) is 1.99. The Morgan fingerprint density at radius 2 is 1.52 bits per heavy atom. The van der Waals surface area contributed by atoms with Gasteiger partial charge in [0.2, 0.25) is 5.91 Å². The summed E-state index contributed by atoms with van der Waals surface area (Å²) < 4.78 is 11.5. The lowest BCUT2D eigenvalue weighted by atomic mass is 9.73. The number of likely N-dealkylation sites (tertiary alicyclic amines) is 1. The number of hydrogen-bond acceptors (Lipinski definition) is 4. The first-order chi connectivity index (χ1) is 15.2. The summed E-state index contributed by atoms with van der Waals surface area (Å²) in [7, 11) is 0. The van der Waals surface area contributed by atoms with E-state index in [2.05, 4.69) is 0 Å². The molecule has 0 aromatic heterocycles. The first-order valence-electron chi connectivity index (χ1n) is 11.3. The molecule has 1 spiro atoms. The van der Waals surface area contributed by atoms with Gasteiger partial charge in [-0.3, -0.25) is 4.79 Å². The number of amides is 1. The van der Waals surface area contributed by atoms with Crippen molar-refractivity contribution in [1.82, 2.24) is 4.90 Å². The molecule has 2 fully saturated rings. The van der Waals surface area contributed by atoms with Gasteiger partial charge in [0.1, 0.15) is 6.61 Å². The Bertz CT molecular complexity index is 861. The molecule has 1 aliphatic heterocycles. The Morgan fingerprint density at radius 1 is 0.903 bits per heavy atom. The maximum absolute atomic E-state index is 13.1. The average molecular weight is 422 g/mol. The Hall–Kier alpha value is -2.66. The van der Waals surface area contributed by atoms with Crippen LogP contribution in [0.5, 0.6) is 0 Å². The van der Waals surface area contributed by atoms with Crippen LogP contribution >= 0.6 is 0 Å². The molecule has 0 N–H and O–H groups in total. The summed E-state index contributed by atoms with van der Waals surface area (Å²) in [4.78, 5) is 27.8. The van der Waals surface area contributed by atoms with E-state index >= 15 is 0 Å². The van der Waals surface area contributed by atoms with Gasteiger partial charge >= 0.3 is 5.97 Å². The molecule has 164 valence electrons. The van der Waals surface area contributed by atoms with Crippen LogP contribution < -0.4 is 0 Å². The molecule has 1 aliphatic carbocycles. The van der Waals surface area contributed by atoms with Crippen LogP contribution in [0, 0.1) is 5.41 Å². The fourth-order valence-corrected chi connectivity index (χ4v) is 4.82. The molecule has 31 heavy (non-hydrogen) atoms. The van der Waals surface area contributed by atoms with Gasteiger partial charge in [-0.2, -0.15) is 0 Å². The van der Waals surface area contributed by atoms with E-state index in [0.717, 1.165) is 36.8 Å². The van der Waals surface area contributed by atoms with Crippen molar-refractivity contribution in [2.24, 2.45) is 5.41 Å². The Morgan fingerprint density at radius 3 is 2.16 bits per heavy atom. The first kappa shape index (κ1) is 21.6. The van der Waals surface area contributed by atoms with Crippen LogP contribution in [0.15, 0.2) is 60.7 Å². The smallest absolute Gasteiger partial charge is 0.331 e. The second kappa shape index (κ2) is 10.1. The SMILES string of the molecule is O=C(OCc1ccccc1)C(COCc1ccccc1)N1CC2(CCCCC2)CC1=O. The molecule has 1 saturated heterocycles. The third-order valence-electron chi connectivity index (χ3n) is 6.53. The second-order valence-corrected chi connectivity index (χ2v) is 8.87. The van der Waals surface area contributed by atoms with Crippen LogP contribution in [-0.2, 0) is 32.3 Å². The van der Waals surface area contributed by atoms with Crippen LogP contribution in [0.2, 0.25) is 0 Å². The zero-order chi connectivity index (χ0) is 21.5. The van der Waals surface area contributed by atoms with E-state index in [4.69, 9.17) is 9.47 Å². The molecular weight excluding hydrogens is 390 g/mol. The number of hydrogen-bond donors (Lipinski definition) is 0. The van der Waals surface area contributed by atoms with Gasteiger partial charge in [-0.05, 0) is 29.4 Å². The number of benzene rings is 2. The van der Waals surface area contributed by atoms with Crippen LogP contribution in [0.1, 0.15) is 49.7 Å². The van der Waals surface area contributed by atoms with Crippen LogP contribution in [0.4, 0.5) is 0 Å². The number of carbonyl (C=O) groups excluding carboxylic acids is 2. The fourth-order valence-electron chi connectivity index (χ4n) is 4.82. The zero-order valence-corrected chi connectivity index (χ0v) is 18.0. The van der Waals surface area contributed by atoms with E-state index in [-0.39, 0.29) is 24.5 Å². The van der Waals surface area contributed by atoms with Gasteiger partial charge in [0, 0.05) is 13.0 Å². The Balaban J connectivity index is 1.43. The van der Waals surface area contributed by atoms with Crippen molar-refractivity contribution < 1.29 is 19.1 Å². The number of ether oxygens (including phenoxy) is 2. The molecule has 5 nitrogen and oxygen atoms in total. The molecule has 1 saturated carbocycles. The number of rotatable bonds is 8. The molecule has 5 heteroatoms. The number of esters is 1. The second-order valence-electron chi connectivity index (χ2n) is 8.87. The minimum Gasteiger partial charge on any atom is -0.459 e. The maximum Gasteiger partial charge on any atom is 0.331 e. The third kappa shape index (κ3) is 5.53. The summed E-state index contributed by atoms with van der Waals surface area (Å²) in [5.74, 6) is -0.343. The highest BCUT2D eigenvalue weighted by Crippen LogP contribution is 2.44. The molecule has 2 aliphatic rings. The van der Waals surface area contributed by atoms with Crippen molar-refractivity contribution in [3.05, 3.63) is 71.8 Å². The van der Waals surface area contributed by atoms with Gasteiger partial charge in [0.05, 0.1) is 13.2 Å². The van der Waals surface area contributed by atoms with Gasteiger partial charge < -0.3 is 14.4 Å². The van der Waals surface area contributed by atoms with E-state index in [1.54, 1.807) is 4.90 Å². The average Bonchev–Trinajstić information content (AvgIpc) is 3.11. The number of carbonyl (C=O) groups is 2. The van der Waals surface area contributed by atoms with Gasteiger partial charge in [0.25, 0.3) is 0 Å². The Kier molecular flexibility index (Phi) is 7.03. The minimum absolute atomic E-state index is 0.0206. The molecule has 2 aromatic rings. The predicted octanol–water partition coefficient (Wildman–Crippen LogP) is 4.50. The van der Waals surface area contributed by atoms with Gasteiger partial charge in [0.15, 0.2) is 6.04 Å². The highest BCUT2D eigenvalue weighted by Gasteiger charge is 2.47. The summed E-state index contributed by atoms with van der Waals surface area (Å²) in [6.45, 7) is 1.37. The van der Waals surface area contributed by atoms with E-state index in [9.17, 15) is 9.59 Å². The molecule has 0 radical (unpaired) electrons. The first-order valence-corrected chi connectivity index (χ1v) is 11.3. The van der Waals surface area contributed by atoms with Gasteiger partial charge in [-0.1, -0.05) is 79.9 Å². The van der Waals surface area contributed by atoms with Crippen molar-refractivity contribution >= 4 is 11.9 Å². The van der Waals surface area contributed by atoms with Crippen molar-refractivity contribution in [3.63, 3.8) is 0 Å². The van der Waals surface area contributed by atoms with Gasteiger partial charge in [-0.15, -0.1) is 0 Å². The minimum atomic E-state index is -0.707. The summed E-state index contributed by atoms with van der Waals surface area (Å²) >= 11 is 0. The summed E-state index contributed by atoms with van der Waals surface area (Å²) in [6, 6.07) is 18.8. The Labute approximate surface area is 184 Å². The van der Waals surface area contributed by atoms with Gasteiger partial charge in [-0.25, -0.2) is 4.79 Å². The lowest BCUT2D eigenvalue weighted by Gasteiger charge is -2.34. The fraction of sp³-hybridized carbons (Fsp3) is 0.462. The molecule has 0 bridgehead atoms. The standard InChI is InChI=1S/C26H31NO4/c28-24-16-26(14-8-3-9-15-26)20-27(24)23(19-30-17-21-10-4-1-5-11-21)25(29)31-18-22-12-6-2-7-13-22/h1-2,4-7,10-13,23H,3,8-9,14-20H2. The largest absolute Gasteiger partial charge is 0.459 e. The van der Waals surface area contributed by atoms with Crippen molar-refractivity contribution in [3.8, 4) is 0 Å². The zero-order valence-electron chi connectivity index (χ0n) is 18.0. The third-order valence-corrected chi connectivity index (χ3v) is 6.53.